The normalized spacial score (nSPS) is 11.5. The summed E-state index contributed by atoms with van der Waals surface area (Å²) in [6.45, 7) is -1.20. The van der Waals surface area contributed by atoms with E-state index >= 15 is 0 Å². The molecule has 0 bridgehead atoms. The fourth-order valence-corrected chi connectivity index (χ4v) is 2.09. The summed E-state index contributed by atoms with van der Waals surface area (Å²) in [4.78, 5) is 21.8. The number of hydrogen-bond donors (Lipinski definition) is 3. The highest BCUT2D eigenvalue weighted by atomic mass is 19.4. The number of nitrogens with zero attached hydrogens (tertiary/aromatic N) is 2. The van der Waals surface area contributed by atoms with Crippen molar-refractivity contribution in [3.63, 3.8) is 0 Å². The highest BCUT2D eigenvalue weighted by molar-refractivity contribution is 5.88. The van der Waals surface area contributed by atoms with Crippen molar-refractivity contribution in [2.24, 2.45) is 0 Å². The molecule has 124 valence electrons. The number of aromatic amines is 1. The summed E-state index contributed by atoms with van der Waals surface area (Å²) < 4.78 is 37.3. The number of carbonyl (C=O) groups excluding carboxylic acids is 1. The summed E-state index contributed by atoms with van der Waals surface area (Å²) in [5, 5.41) is 5.63. The van der Waals surface area contributed by atoms with Crippen molar-refractivity contribution < 1.29 is 18.0 Å². The van der Waals surface area contributed by atoms with Crippen LogP contribution in [-0.2, 0) is 0 Å². The number of alkyl halides is 3. The van der Waals surface area contributed by atoms with Gasteiger partial charge in [0.25, 0.3) is 0 Å². The first-order chi connectivity index (χ1) is 11.4. The van der Waals surface area contributed by atoms with E-state index in [0.717, 1.165) is 0 Å². The molecule has 1 aromatic carbocycles. The molecule has 0 radical (unpaired) electrons. The van der Waals surface area contributed by atoms with Crippen molar-refractivity contribution in [3.8, 4) is 0 Å². The van der Waals surface area contributed by atoms with E-state index in [9.17, 15) is 18.0 Å². The van der Waals surface area contributed by atoms with Gasteiger partial charge in [0.1, 0.15) is 24.3 Å². The zero-order valence-corrected chi connectivity index (χ0v) is 12.2. The monoisotopic (exact) mass is 335 g/mol. The second-order valence-corrected chi connectivity index (χ2v) is 4.97. The number of carbonyl (C=O) groups is 1. The van der Waals surface area contributed by atoms with Gasteiger partial charge < -0.3 is 15.6 Å². The van der Waals surface area contributed by atoms with Gasteiger partial charge in [-0.25, -0.2) is 0 Å². The molecule has 0 spiro atoms. The summed E-state index contributed by atoms with van der Waals surface area (Å²) in [5.74, 6) is 0.207. The lowest BCUT2D eigenvalue weighted by Gasteiger charge is -2.11. The first-order valence-electron chi connectivity index (χ1n) is 6.92. The van der Waals surface area contributed by atoms with Gasteiger partial charge in [-0.2, -0.15) is 23.1 Å². The summed E-state index contributed by atoms with van der Waals surface area (Å²) in [5.41, 5.74) is 1.52. The van der Waals surface area contributed by atoms with Gasteiger partial charge in [0.2, 0.25) is 5.95 Å². The molecule has 3 aromatic rings. The van der Waals surface area contributed by atoms with Crippen molar-refractivity contribution in [2.45, 2.75) is 6.18 Å². The van der Waals surface area contributed by atoms with Crippen LogP contribution in [0.15, 0.2) is 36.5 Å². The minimum absolute atomic E-state index is 0.0746. The molecule has 0 aliphatic rings. The maximum absolute atomic E-state index is 12.4. The van der Waals surface area contributed by atoms with E-state index in [-0.39, 0.29) is 11.8 Å². The Hall–Kier alpha value is -3.10. The average molecular weight is 335 g/mol. The molecular formula is C15H12F3N5O. The SMILES string of the molecule is O=Cc1ccc(Nc2nc(NCC(F)(F)F)c3cc[nH]c3n2)cc1. The lowest BCUT2D eigenvalue weighted by molar-refractivity contribution is -0.115. The molecule has 3 N–H and O–H groups in total. The van der Waals surface area contributed by atoms with Crippen molar-refractivity contribution in [2.75, 3.05) is 17.2 Å². The van der Waals surface area contributed by atoms with Gasteiger partial charge in [0, 0.05) is 17.4 Å². The number of rotatable bonds is 5. The topological polar surface area (TPSA) is 82.7 Å². The van der Waals surface area contributed by atoms with E-state index in [0.29, 0.717) is 28.6 Å². The van der Waals surface area contributed by atoms with Crippen LogP contribution in [0.3, 0.4) is 0 Å². The zero-order chi connectivity index (χ0) is 17.2. The molecule has 0 unspecified atom stereocenters. The molecule has 0 aliphatic carbocycles. The fraction of sp³-hybridized carbons (Fsp3) is 0.133. The standard InChI is InChI=1S/C15H12F3N5O/c16-15(17,18)8-20-13-11-5-6-19-12(11)22-14(23-13)21-10-3-1-9(7-24)2-4-10/h1-7H,8H2,(H3,19,20,21,22,23). The Morgan fingerprint density at radius 2 is 1.88 bits per heavy atom. The van der Waals surface area contributed by atoms with E-state index in [1.807, 2.05) is 0 Å². The van der Waals surface area contributed by atoms with Gasteiger partial charge in [-0.3, -0.25) is 4.79 Å². The van der Waals surface area contributed by atoms with Crippen LogP contribution in [0.4, 0.5) is 30.6 Å². The lowest BCUT2D eigenvalue weighted by Crippen LogP contribution is -2.22. The molecule has 0 amide bonds. The van der Waals surface area contributed by atoms with Crippen molar-refractivity contribution in [1.29, 1.82) is 0 Å². The number of aldehydes is 1. The predicted molar refractivity (Wildman–Crippen MR) is 83.5 cm³/mol. The van der Waals surface area contributed by atoms with E-state index < -0.39 is 12.7 Å². The number of nitrogens with one attached hydrogen (secondary N) is 3. The third-order valence-electron chi connectivity index (χ3n) is 3.17. The summed E-state index contributed by atoms with van der Waals surface area (Å²) in [7, 11) is 0. The number of H-pyrrole nitrogens is 1. The number of benzene rings is 1. The van der Waals surface area contributed by atoms with Gasteiger partial charge in [0.15, 0.2) is 0 Å². The zero-order valence-electron chi connectivity index (χ0n) is 12.2. The Kier molecular flexibility index (Phi) is 4.07. The highest BCUT2D eigenvalue weighted by Gasteiger charge is 2.27. The predicted octanol–water partition coefficient (Wildman–Crippen LogP) is 3.49. The van der Waals surface area contributed by atoms with Gasteiger partial charge in [0.05, 0.1) is 5.39 Å². The molecule has 0 aliphatic heterocycles. The molecule has 0 saturated heterocycles. The van der Waals surface area contributed by atoms with Gasteiger partial charge >= 0.3 is 6.18 Å². The molecule has 9 heteroatoms. The Labute approximate surface area is 134 Å². The molecule has 6 nitrogen and oxygen atoms in total. The second-order valence-electron chi connectivity index (χ2n) is 4.97. The maximum atomic E-state index is 12.4. The summed E-state index contributed by atoms with van der Waals surface area (Å²) >= 11 is 0. The maximum Gasteiger partial charge on any atom is 0.405 e. The summed E-state index contributed by atoms with van der Waals surface area (Å²) in [6.07, 6.45) is -2.07. The van der Waals surface area contributed by atoms with E-state index in [2.05, 4.69) is 25.6 Å². The van der Waals surface area contributed by atoms with E-state index in [1.165, 1.54) is 0 Å². The number of fused-ring (bicyclic) bond motifs is 1. The van der Waals surface area contributed by atoms with Crippen molar-refractivity contribution in [3.05, 3.63) is 42.1 Å². The van der Waals surface area contributed by atoms with E-state index in [4.69, 9.17) is 0 Å². The first-order valence-corrected chi connectivity index (χ1v) is 6.92. The molecule has 24 heavy (non-hydrogen) atoms. The van der Waals surface area contributed by atoms with Gasteiger partial charge in [-0.05, 0) is 30.3 Å². The second kappa shape index (κ2) is 6.19. The Balaban J connectivity index is 1.88. The number of hydrogen-bond acceptors (Lipinski definition) is 5. The van der Waals surface area contributed by atoms with Crippen LogP contribution in [0.5, 0.6) is 0 Å². The average Bonchev–Trinajstić information content (AvgIpc) is 3.01. The number of aromatic nitrogens is 3. The molecule has 0 atom stereocenters. The van der Waals surface area contributed by atoms with Crippen LogP contribution in [0.1, 0.15) is 10.4 Å². The highest BCUT2D eigenvalue weighted by Crippen LogP contribution is 2.24. The fourth-order valence-electron chi connectivity index (χ4n) is 2.09. The minimum atomic E-state index is -4.36. The molecular weight excluding hydrogens is 323 g/mol. The summed E-state index contributed by atoms with van der Waals surface area (Å²) in [6, 6.07) is 8.09. The van der Waals surface area contributed by atoms with Crippen LogP contribution in [0.25, 0.3) is 11.0 Å². The van der Waals surface area contributed by atoms with Crippen LogP contribution in [-0.4, -0.2) is 34.0 Å². The molecule has 0 fully saturated rings. The largest absolute Gasteiger partial charge is 0.405 e. The third-order valence-corrected chi connectivity index (χ3v) is 3.17. The first kappa shape index (κ1) is 15.8. The number of halogens is 3. The van der Waals surface area contributed by atoms with Crippen molar-refractivity contribution in [1.82, 2.24) is 15.0 Å². The van der Waals surface area contributed by atoms with Gasteiger partial charge in [-0.15, -0.1) is 0 Å². The quantitative estimate of drug-likeness (QED) is 0.622. The Morgan fingerprint density at radius 1 is 1.12 bits per heavy atom. The molecule has 0 saturated carbocycles. The third kappa shape index (κ3) is 3.62. The van der Waals surface area contributed by atoms with Gasteiger partial charge in [-0.1, -0.05) is 0 Å². The molecule has 3 rings (SSSR count). The van der Waals surface area contributed by atoms with Crippen molar-refractivity contribution >= 4 is 34.8 Å². The Bertz CT molecular complexity index is 858. The van der Waals surface area contributed by atoms with Crippen LogP contribution >= 0.6 is 0 Å². The molecule has 2 aromatic heterocycles. The van der Waals surface area contributed by atoms with Crippen LogP contribution in [0, 0.1) is 0 Å². The molecule has 2 heterocycles. The smallest absolute Gasteiger partial charge is 0.360 e. The minimum Gasteiger partial charge on any atom is -0.360 e. The lowest BCUT2D eigenvalue weighted by atomic mass is 10.2. The van der Waals surface area contributed by atoms with Crippen LogP contribution < -0.4 is 10.6 Å². The number of anilines is 3. The van der Waals surface area contributed by atoms with E-state index in [1.54, 1.807) is 36.5 Å². The van der Waals surface area contributed by atoms with Crippen LogP contribution in [0.2, 0.25) is 0 Å². The Morgan fingerprint density at radius 3 is 2.54 bits per heavy atom.